The Bertz CT molecular complexity index is 380. The minimum Gasteiger partial charge on any atom is -0.480 e. The molecule has 3 atom stereocenters. The fourth-order valence-electron chi connectivity index (χ4n) is 2.84. The molecule has 0 aliphatic heterocycles. The minimum absolute atomic E-state index is 0.0557. The molecule has 0 spiro atoms. The van der Waals surface area contributed by atoms with Gasteiger partial charge in [-0.25, -0.2) is 4.79 Å². The lowest BCUT2D eigenvalue weighted by Gasteiger charge is -2.34. The smallest absolute Gasteiger partial charge is 0.329 e. The minimum atomic E-state index is -1.14. The number of rotatable bonds is 4. The van der Waals surface area contributed by atoms with E-state index in [1.807, 2.05) is 6.92 Å². The normalized spacial score (nSPS) is 34.9. The number of nitrogens with two attached hydrogens (primary N) is 1. The lowest BCUT2D eigenvalue weighted by atomic mass is 9.82. The Kier molecular flexibility index (Phi) is 3.13. The number of carboxylic acid groups (broad SMARTS) is 1. The van der Waals surface area contributed by atoms with Crippen molar-refractivity contribution in [2.75, 3.05) is 0 Å². The molecule has 5 heteroatoms. The highest BCUT2D eigenvalue weighted by atomic mass is 16.4. The first-order chi connectivity index (χ1) is 8.30. The Morgan fingerprint density at radius 1 is 1.39 bits per heavy atom. The number of carboxylic acids is 1. The molecule has 2 fully saturated rings. The number of hydrogen-bond donors (Lipinski definition) is 3. The molecular weight excluding hydrogens is 232 g/mol. The fourth-order valence-corrected chi connectivity index (χ4v) is 2.84. The third kappa shape index (κ3) is 2.00. The van der Waals surface area contributed by atoms with Crippen LogP contribution < -0.4 is 11.1 Å². The van der Waals surface area contributed by atoms with Crippen molar-refractivity contribution in [3.05, 3.63) is 0 Å². The molecule has 2 saturated carbocycles. The molecule has 2 aliphatic carbocycles. The zero-order chi connectivity index (χ0) is 13.6. The summed E-state index contributed by atoms with van der Waals surface area (Å²) < 4.78 is 0. The van der Waals surface area contributed by atoms with Crippen LogP contribution in [0.2, 0.25) is 0 Å². The van der Waals surface area contributed by atoms with Crippen molar-refractivity contribution in [1.29, 1.82) is 0 Å². The number of carbonyl (C=O) groups is 2. The molecule has 0 radical (unpaired) electrons. The number of hydrogen-bond acceptors (Lipinski definition) is 3. The van der Waals surface area contributed by atoms with Crippen LogP contribution in [0.25, 0.3) is 0 Å². The van der Waals surface area contributed by atoms with Crippen LogP contribution in [0.4, 0.5) is 0 Å². The largest absolute Gasteiger partial charge is 0.480 e. The summed E-state index contributed by atoms with van der Waals surface area (Å²) in [5, 5.41) is 12.1. The van der Waals surface area contributed by atoms with Gasteiger partial charge in [-0.05, 0) is 45.4 Å². The first kappa shape index (κ1) is 13.3. The maximum Gasteiger partial charge on any atom is 0.329 e. The highest BCUT2D eigenvalue weighted by Gasteiger charge is 2.52. The Balaban J connectivity index is 2.12. The predicted octanol–water partition coefficient (Wildman–Crippen LogP) is 0.873. The van der Waals surface area contributed by atoms with E-state index in [0.717, 1.165) is 32.1 Å². The topological polar surface area (TPSA) is 92.4 Å². The van der Waals surface area contributed by atoms with Crippen molar-refractivity contribution >= 4 is 11.9 Å². The van der Waals surface area contributed by atoms with Gasteiger partial charge in [-0.15, -0.1) is 0 Å². The van der Waals surface area contributed by atoms with Gasteiger partial charge >= 0.3 is 5.97 Å². The van der Waals surface area contributed by atoms with Crippen LogP contribution in [0, 0.1) is 11.3 Å². The Hall–Kier alpha value is -1.10. The zero-order valence-electron chi connectivity index (χ0n) is 11.0. The standard InChI is InChI=1S/C13H22N2O3/c1-12(7-3-4-9(12)14)10(16)15-13(2,11(17)18)8-5-6-8/h8-9H,3-7,14H2,1-2H3,(H,15,16)(H,17,18). The van der Waals surface area contributed by atoms with Crippen molar-refractivity contribution in [2.45, 2.75) is 57.5 Å². The zero-order valence-corrected chi connectivity index (χ0v) is 11.0. The summed E-state index contributed by atoms with van der Waals surface area (Å²) in [7, 11) is 0. The van der Waals surface area contributed by atoms with Crippen molar-refractivity contribution < 1.29 is 14.7 Å². The Labute approximate surface area is 107 Å². The van der Waals surface area contributed by atoms with Crippen LogP contribution in [-0.2, 0) is 9.59 Å². The summed E-state index contributed by atoms with van der Waals surface area (Å²) in [6.45, 7) is 3.45. The summed E-state index contributed by atoms with van der Waals surface area (Å²) in [5.74, 6) is -1.10. The molecule has 0 aromatic rings. The van der Waals surface area contributed by atoms with Crippen LogP contribution in [0.15, 0.2) is 0 Å². The van der Waals surface area contributed by atoms with Gasteiger partial charge < -0.3 is 16.2 Å². The summed E-state index contributed by atoms with van der Waals surface area (Å²) in [6.07, 6.45) is 4.23. The number of aliphatic carboxylic acids is 1. The molecule has 0 aromatic carbocycles. The van der Waals surface area contributed by atoms with Gasteiger partial charge in [0.15, 0.2) is 0 Å². The molecule has 18 heavy (non-hydrogen) atoms. The molecule has 102 valence electrons. The van der Waals surface area contributed by atoms with E-state index in [0.29, 0.717) is 0 Å². The molecule has 2 aliphatic rings. The molecular formula is C13H22N2O3. The van der Waals surface area contributed by atoms with E-state index in [-0.39, 0.29) is 17.9 Å². The number of carbonyl (C=O) groups excluding carboxylic acids is 1. The fraction of sp³-hybridized carbons (Fsp3) is 0.846. The molecule has 2 rings (SSSR count). The average Bonchev–Trinajstić information content (AvgIpc) is 3.07. The van der Waals surface area contributed by atoms with E-state index in [4.69, 9.17) is 5.73 Å². The van der Waals surface area contributed by atoms with E-state index in [9.17, 15) is 14.7 Å². The first-order valence-electron chi connectivity index (χ1n) is 6.62. The first-order valence-corrected chi connectivity index (χ1v) is 6.62. The van der Waals surface area contributed by atoms with E-state index in [1.54, 1.807) is 6.92 Å². The average molecular weight is 254 g/mol. The van der Waals surface area contributed by atoms with Gasteiger partial charge in [-0.3, -0.25) is 4.79 Å². The second kappa shape index (κ2) is 4.23. The van der Waals surface area contributed by atoms with Crippen LogP contribution in [0.1, 0.15) is 46.0 Å². The third-order valence-electron chi connectivity index (χ3n) is 4.76. The van der Waals surface area contributed by atoms with Crippen molar-refractivity contribution in [2.24, 2.45) is 17.1 Å². The monoisotopic (exact) mass is 254 g/mol. The van der Waals surface area contributed by atoms with E-state index in [1.165, 1.54) is 0 Å². The van der Waals surface area contributed by atoms with Gasteiger partial charge in [-0.1, -0.05) is 6.42 Å². The maximum absolute atomic E-state index is 12.4. The van der Waals surface area contributed by atoms with Gasteiger partial charge in [0.25, 0.3) is 0 Å². The summed E-state index contributed by atoms with van der Waals surface area (Å²) in [6, 6.07) is -0.172. The van der Waals surface area contributed by atoms with Crippen LogP contribution in [0.3, 0.4) is 0 Å². The van der Waals surface area contributed by atoms with Crippen LogP contribution in [-0.4, -0.2) is 28.6 Å². The SMILES string of the molecule is CC1(C(=O)NC(C)(C(=O)O)C2CC2)CCCC1N. The van der Waals surface area contributed by atoms with Gasteiger partial charge in [-0.2, -0.15) is 0 Å². The van der Waals surface area contributed by atoms with E-state index in [2.05, 4.69) is 5.32 Å². The van der Waals surface area contributed by atoms with Crippen molar-refractivity contribution in [3.63, 3.8) is 0 Å². The molecule has 4 N–H and O–H groups in total. The van der Waals surface area contributed by atoms with Crippen molar-refractivity contribution in [3.8, 4) is 0 Å². The van der Waals surface area contributed by atoms with E-state index >= 15 is 0 Å². The summed E-state index contributed by atoms with van der Waals surface area (Å²) in [4.78, 5) is 23.8. The predicted molar refractivity (Wildman–Crippen MR) is 66.8 cm³/mol. The Morgan fingerprint density at radius 3 is 2.39 bits per heavy atom. The van der Waals surface area contributed by atoms with Gasteiger partial charge in [0.2, 0.25) is 5.91 Å². The van der Waals surface area contributed by atoms with Gasteiger partial charge in [0.05, 0.1) is 5.41 Å². The quantitative estimate of drug-likeness (QED) is 0.694. The molecule has 0 saturated heterocycles. The molecule has 0 aromatic heterocycles. The summed E-state index contributed by atoms with van der Waals surface area (Å²) >= 11 is 0. The van der Waals surface area contributed by atoms with E-state index < -0.39 is 16.9 Å². The Morgan fingerprint density at radius 2 is 2.00 bits per heavy atom. The molecule has 0 bridgehead atoms. The highest BCUT2D eigenvalue weighted by Crippen LogP contribution is 2.42. The van der Waals surface area contributed by atoms with Crippen LogP contribution >= 0.6 is 0 Å². The van der Waals surface area contributed by atoms with Gasteiger partial charge in [0, 0.05) is 6.04 Å². The summed E-state index contributed by atoms with van der Waals surface area (Å²) in [5.41, 5.74) is 4.24. The van der Waals surface area contributed by atoms with Gasteiger partial charge in [0.1, 0.15) is 5.54 Å². The number of amides is 1. The second-order valence-electron chi connectivity index (χ2n) is 6.15. The molecule has 1 amide bonds. The molecule has 5 nitrogen and oxygen atoms in total. The number of nitrogens with one attached hydrogen (secondary N) is 1. The second-order valence-corrected chi connectivity index (χ2v) is 6.15. The highest BCUT2D eigenvalue weighted by molar-refractivity contribution is 5.90. The van der Waals surface area contributed by atoms with Crippen molar-refractivity contribution in [1.82, 2.24) is 5.32 Å². The lowest BCUT2D eigenvalue weighted by Crippen LogP contribution is -2.59. The molecule has 3 unspecified atom stereocenters. The third-order valence-corrected chi connectivity index (χ3v) is 4.76. The van der Waals surface area contributed by atoms with Crippen LogP contribution in [0.5, 0.6) is 0 Å². The molecule has 0 heterocycles. The maximum atomic E-state index is 12.4. The lowest BCUT2D eigenvalue weighted by molar-refractivity contribution is -0.150.